The van der Waals surface area contributed by atoms with E-state index in [0.717, 1.165) is 31.6 Å². The summed E-state index contributed by atoms with van der Waals surface area (Å²) in [7, 11) is 2.18. The number of hydrogen-bond donors (Lipinski definition) is 1. The molecule has 148 valence electrons. The molecule has 29 heavy (non-hydrogen) atoms. The van der Waals surface area contributed by atoms with Gasteiger partial charge in [0.05, 0.1) is 11.7 Å². The van der Waals surface area contributed by atoms with Crippen LogP contribution in [0, 0.1) is 5.41 Å². The van der Waals surface area contributed by atoms with Crippen molar-refractivity contribution in [2.24, 2.45) is 5.41 Å². The smallest absolute Gasteiger partial charge is 0.0801 e. The zero-order valence-electron chi connectivity index (χ0n) is 17.1. The molecule has 0 amide bonds. The first-order valence-electron chi connectivity index (χ1n) is 10.4. The van der Waals surface area contributed by atoms with Crippen molar-refractivity contribution in [3.8, 4) is 11.1 Å². The van der Waals surface area contributed by atoms with Gasteiger partial charge in [-0.3, -0.25) is 4.98 Å². The molecule has 2 aromatic carbocycles. The maximum absolute atomic E-state index is 4.75. The maximum Gasteiger partial charge on any atom is 0.0801 e. The Bertz CT molecular complexity index is 913. The van der Waals surface area contributed by atoms with Gasteiger partial charge in [0.15, 0.2) is 0 Å². The average molecular weight is 384 g/mol. The molecule has 2 heterocycles. The predicted molar refractivity (Wildman–Crippen MR) is 122 cm³/mol. The highest BCUT2D eigenvalue weighted by molar-refractivity contribution is 5.66. The van der Waals surface area contributed by atoms with Crippen molar-refractivity contribution < 1.29 is 0 Å². The molecule has 3 aromatic rings. The Morgan fingerprint density at radius 3 is 2.21 bits per heavy atom. The molecule has 0 radical (unpaired) electrons. The number of pyridine rings is 1. The molecule has 1 aliphatic heterocycles. The van der Waals surface area contributed by atoms with E-state index in [1.807, 2.05) is 12.3 Å². The van der Waals surface area contributed by atoms with Crippen LogP contribution in [0.3, 0.4) is 0 Å². The highest BCUT2D eigenvalue weighted by Gasteiger charge is 2.41. The van der Waals surface area contributed by atoms with Crippen molar-refractivity contribution >= 4 is 5.69 Å². The van der Waals surface area contributed by atoms with Gasteiger partial charge in [-0.2, -0.15) is 0 Å². The maximum atomic E-state index is 4.75. The van der Waals surface area contributed by atoms with Crippen molar-refractivity contribution in [3.63, 3.8) is 0 Å². The minimum atomic E-state index is -0.00749. The summed E-state index contributed by atoms with van der Waals surface area (Å²) < 4.78 is 0. The first kappa shape index (κ1) is 19.4. The van der Waals surface area contributed by atoms with Crippen LogP contribution >= 0.6 is 0 Å². The summed E-state index contributed by atoms with van der Waals surface area (Å²) in [5.74, 6) is 0. The van der Waals surface area contributed by atoms with Crippen LogP contribution in [0.15, 0.2) is 91.6 Å². The third-order valence-corrected chi connectivity index (χ3v) is 6.22. The van der Waals surface area contributed by atoms with Gasteiger partial charge in [0, 0.05) is 24.3 Å². The molecule has 1 aliphatic rings. The number of hydrogen-bond acceptors (Lipinski definition) is 3. The monoisotopic (exact) mass is 383 g/mol. The Hall–Kier alpha value is -2.91. The number of nitrogens with zero attached hydrogens (tertiary/aromatic N) is 2. The normalized spacial score (nSPS) is 16.7. The Morgan fingerprint density at radius 1 is 0.931 bits per heavy atom. The Balaban J connectivity index is 1.70. The van der Waals surface area contributed by atoms with Crippen molar-refractivity contribution in [1.29, 1.82) is 0 Å². The van der Waals surface area contributed by atoms with E-state index in [1.165, 1.54) is 16.8 Å². The minimum Gasteiger partial charge on any atom is -0.365 e. The van der Waals surface area contributed by atoms with E-state index in [4.69, 9.17) is 4.98 Å². The van der Waals surface area contributed by atoms with Gasteiger partial charge in [-0.05, 0) is 61.3 Å². The molecular weight excluding hydrogens is 354 g/mol. The van der Waals surface area contributed by atoms with Gasteiger partial charge in [0.25, 0.3) is 0 Å². The third-order valence-electron chi connectivity index (χ3n) is 6.22. The molecular formula is C26H29N3. The van der Waals surface area contributed by atoms with Crippen LogP contribution in [0.25, 0.3) is 11.1 Å². The first-order valence-corrected chi connectivity index (χ1v) is 10.4. The zero-order valence-corrected chi connectivity index (χ0v) is 17.1. The van der Waals surface area contributed by atoms with E-state index in [0.29, 0.717) is 0 Å². The van der Waals surface area contributed by atoms with Crippen molar-refractivity contribution in [3.05, 3.63) is 97.3 Å². The lowest BCUT2D eigenvalue weighted by molar-refractivity contribution is 0.214. The van der Waals surface area contributed by atoms with Crippen LogP contribution in [-0.4, -0.2) is 25.1 Å². The molecule has 1 unspecified atom stereocenters. The van der Waals surface area contributed by atoms with E-state index >= 15 is 0 Å². The molecule has 1 aromatic heterocycles. The summed E-state index contributed by atoms with van der Waals surface area (Å²) in [6, 6.07) is 25.7. The van der Waals surface area contributed by atoms with E-state index in [1.54, 1.807) is 0 Å². The Labute approximate surface area is 174 Å². The lowest BCUT2D eigenvalue weighted by Crippen LogP contribution is -2.45. The predicted octanol–water partition coefficient (Wildman–Crippen LogP) is 5.48. The second kappa shape index (κ2) is 8.62. The number of anilines is 1. The Kier molecular flexibility index (Phi) is 5.77. The van der Waals surface area contributed by atoms with Crippen molar-refractivity contribution in [2.45, 2.75) is 18.9 Å². The molecule has 4 rings (SSSR count). The highest BCUT2D eigenvalue weighted by Crippen LogP contribution is 2.46. The highest BCUT2D eigenvalue weighted by atomic mass is 15.2. The second-order valence-corrected chi connectivity index (χ2v) is 7.87. The van der Waals surface area contributed by atoms with Crippen LogP contribution in [0.5, 0.6) is 0 Å². The van der Waals surface area contributed by atoms with E-state index in [9.17, 15) is 0 Å². The van der Waals surface area contributed by atoms with Crippen molar-refractivity contribution in [1.82, 2.24) is 10.3 Å². The summed E-state index contributed by atoms with van der Waals surface area (Å²) in [5.41, 5.74) is 4.76. The molecule has 1 N–H and O–H groups in total. The summed E-state index contributed by atoms with van der Waals surface area (Å²) in [6.45, 7) is 6.27. The number of piperidine rings is 1. The number of rotatable bonds is 6. The topological polar surface area (TPSA) is 28.2 Å². The summed E-state index contributed by atoms with van der Waals surface area (Å²) in [5, 5.41) is 3.50. The number of benzene rings is 2. The number of aromatic nitrogens is 1. The van der Waals surface area contributed by atoms with Gasteiger partial charge in [-0.25, -0.2) is 0 Å². The molecule has 3 heteroatoms. The summed E-state index contributed by atoms with van der Waals surface area (Å²) in [6.07, 6.45) is 6.18. The summed E-state index contributed by atoms with van der Waals surface area (Å²) >= 11 is 0. The minimum absolute atomic E-state index is 0.00749. The van der Waals surface area contributed by atoms with Crippen LogP contribution in [0.4, 0.5) is 5.69 Å². The first-order chi connectivity index (χ1) is 14.2. The second-order valence-electron chi connectivity index (χ2n) is 7.87. The quantitative estimate of drug-likeness (QED) is 0.571. The zero-order chi connectivity index (χ0) is 20.1. The fraction of sp³-hybridized carbons (Fsp3) is 0.269. The molecule has 1 saturated heterocycles. The van der Waals surface area contributed by atoms with Gasteiger partial charge >= 0.3 is 0 Å². The SMILES string of the molecule is C=CC1(C(c2ccccn2)N(C)c2ccc(-c3ccccc3)cc2)CCNCC1. The molecule has 0 bridgehead atoms. The molecule has 0 aliphatic carbocycles. The third kappa shape index (κ3) is 3.96. The van der Waals surface area contributed by atoms with Gasteiger partial charge in [-0.15, -0.1) is 6.58 Å². The average Bonchev–Trinajstić information content (AvgIpc) is 2.81. The van der Waals surface area contributed by atoms with E-state index < -0.39 is 0 Å². The largest absolute Gasteiger partial charge is 0.365 e. The van der Waals surface area contributed by atoms with Crippen LogP contribution in [-0.2, 0) is 0 Å². The van der Waals surface area contributed by atoms with Crippen LogP contribution in [0.1, 0.15) is 24.6 Å². The van der Waals surface area contributed by atoms with Crippen LogP contribution < -0.4 is 10.2 Å². The molecule has 0 spiro atoms. The number of nitrogens with one attached hydrogen (secondary N) is 1. The van der Waals surface area contributed by atoms with Gasteiger partial charge < -0.3 is 10.2 Å². The van der Waals surface area contributed by atoms with E-state index in [2.05, 4.69) is 96.6 Å². The van der Waals surface area contributed by atoms with Gasteiger partial charge in [-0.1, -0.05) is 54.6 Å². The molecule has 1 fully saturated rings. The molecule has 3 nitrogen and oxygen atoms in total. The fourth-order valence-corrected chi connectivity index (χ4v) is 4.57. The molecule has 0 saturated carbocycles. The summed E-state index contributed by atoms with van der Waals surface area (Å²) in [4.78, 5) is 7.13. The lowest BCUT2D eigenvalue weighted by atomic mass is 9.71. The van der Waals surface area contributed by atoms with Crippen molar-refractivity contribution in [2.75, 3.05) is 25.0 Å². The van der Waals surface area contributed by atoms with Crippen LogP contribution in [0.2, 0.25) is 0 Å². The Morgan fingerprint density at radius 2 is 1.59 bits per heavy atom. The van der Waals surface area contributed by atoms with E-state index in [-0.39, 0.29) is 11.5 Å². The lowest BCUT2D eigenvalue weighted by Gasteiger charge is -2.46. The fourth-order valence-electron chi connectivity index (χ4n) is 4.57. The van der Waals surface area contributed by atoms with Gasteiger partial charge in [0.2, 0.25) is 0 Å². The molecule has 1 atom stereocenters. The van der Waals surface area contributed by atoms with Gasteiger partial charge in [0.1, 0.15) is 0 Å². The standard InChI is InChI=1S/C26H29N3/c1-3-26(16-19-27-20-17-26)25(24-11-7-8-18-28-24)29(2)23-14-12-22(13-15-23)21-9-5-4-6-10-21/h3-15,18,25,27H,1,16-17,19-20H2,2H3.